The summed E-state index contributed by atoms with van der Waals surface area (Å²) in [7, 11) is 0. The third-order valence-corrected chi connectivity index (χ3v) is 2.65. The Bertz CT molecular complexity index is 178. The fourth-order valence-electron chi connectivity index (χ4n) is 0.976. The van der Waals surface area contributed by atoms with E-state index in [2.05, 4.69) is 6.08 Å². The van der Waals surface area contributed by atoms with Crippen LogP contribution in [-0.2, 0) is 4.79 Å². The molecule has 47 valence electrons. The first-order valence-corrected chi connectivity index (χ1v) is 3.92. The fraction of sp³-hybridized carbons (Fsp3) is 0.500. The zero-order chi connectivity index (χ0) is 6.27. The standard InChI is InChI=1S/C6H6NOS/c8-5-4-6-7(5)2-1-3-9-6/h2,6H,3-4H2/t6-/m1/s1. The highest BCUT2D eigenvalue weighted by Crippen LogP contribution is 2.32. The van der Waals surface area contributed by atoms with Crippen LogP contribution in [0.25, 0.3) is 0 Å². The highest BCUT2D eigenvalue weighted by molar-refractivity contribution is 8.00. The van der Waals surface area contributed by atoms with Gasteiger partial charge < -0.3 is 4.90 Å². The first-order chi connectivity index (χ1) is 4.38. The van der Waals surface area contributed by atoms with E-state index < -0.39 is 0 Å². The van der Waals surface area contributed by atoms with Gasteiger partial charge in [-0.25, -0.2) is 0 Å². The van der Waals surface area contributed by atoms with Crippen molar-refractivity contribution in [3.63, 3.8) is 0 Å². The number of carbonyl (C=O) groups is 1. The minimum Gasteiger partial charge on any atom is -0.306 e. The van der Waals surface area contributed by atoms with Crippen molar-refractivity contribution < 1.29 is 4.79 Å². The lowest BCUT2D eigenvalue weighted by Crippen LogP contribution is -2.48. The van der Waals surface area contributed by atoms with Gasteiger partial charge in [-0.15, -0.1) is 11.8 Å². The maximum absolute atomic E-state index is 10.7. The number of hydrogen-bond acceptors (Lipinski definition) is 2. The summed E-state index contributed by atoms with van der Waals surface area (Å²) in [4.78, 5) is 12.5. The molecule has 0 saturated carbocycles. The van der Waals surface area contributed by atoms with Crippen LogP contribution in [-0.4, -0.2) is 21.9 Å². The predicted octanol–water partition coefficient (Wildman–Crippen LogP) is 0.608. The van der Waals surface area contributed by atoms with Gasteiger partial charge in [-0.05, 0) is 6.08 Å². The number of thioether (sulfide) groups is 1. The van der Waals surface area contributed by atoms with Crippen molar-refractivity contribution in [2.24, 2.45) is 0 Å². The molecular formula is C6H6NOS. The van der Waals surface area contributed by atoms with Crippen LogP contribution in [0.2, 0.25) is 0 Å². The lowest BCUT2D eigenvalue weighted by molar-refractivity contribution is -0.137. The van der Waals surface area contributed by atoms with Gasteiger partial charge in [0.05, 0.1) is 11.8 Å². The molecule has 1 saturated heterocycles. The molecule has 3 heteroatoms. The highest BCUT2D eigenvalue weighted by Gasteiger charge is 2.35. The van der Waals surface area contributed by atoms with Gasteiger partial charge in [0.2, 0.25) is 5.91 Å². The first-order valence-electron chi connectivity index (χ1n) is 2.87. The van der Waals surface area contributed by atoms with Crippen LogP contribution in [0.5, 0.6) is 0 Å². The summed E-state index contributed by atoms with van der Waals surface area (Å²) < 4.78 is 0. The monoisotopic (exact) mass is 140 g/mol. The minimum absolute atomic E-state index is 0.236. The smallest absolute Gasteiger partial charge is 0.230 e. The number of amides is 1. The molecule has 2 aliphatic rings. The molecule has 1 radical (unpaired) electrons. The van der Waals surface area contributed by atoms with Crippen LogP contribution in [0.3, 0.4) is 0 Å². The Morgan fingerprint density at radius 1 is 1.89 bits per heavy atom. The summed E-state index contributed by atoms with van der Waals surface area (Å²) in [5, 5.41) is 0.443. The van der Waals surface area contributed by atoms with Gasteiger partial charge in [0.15, 0.2) is 0 Å². The quantitative estimate of drug-likeness (QED) is 0.459. The summed E-state index contributed by atoms with van der Waals surface area (Å²) in [6, 6.07) is 0. The van der Waals surface area contributed by atoms with E-state index in [1.165, 1.54) is 0 Å². The normalized spacial score (nSPS) is 31.8. The van der Waals surface area contributed by atoms with Crippen LogP contribution >= 0.6 is 11.8 Å². The van der Waals surface area contributed by atoms with Crippen LogP contribution in [0.4, 0.5) is 0 Å². The molecule has 0 unspecified atom stereocenters. The fourth-order valence-corrected chi connectivity index (χ4v) is 1.94. The predicted molar refractivity (Wildman–Crippen MR) is 35.5 cm³/mol. The Labute approximate surface area is 57.9 Å². The second-order valence-electron chi connectivity index (χ2n) is 2.10. The molecule has 0 spiro atoms. The molecule has 0 N–H and O–H groups in total. The molecule has 0 aliphatic carbocycles. The van der Waals surface area contributed by atoms with Crippen molar-refractivity contribution in [3.05, 3.63) is 12.3 Å². The molecule has 2 heterocycles. The highest BCUT2D eigenvalue weighted by atomic mass is 32.2. The molecule has 9 heavy (non-hydrogen) atoms. The van der Waals surface area contributed by atoms with Gasteiger partial charge >= 0.3 is 0 Å². The largest absolute Gasteiger partial charge is 0.306 e. The summed E-state index contributed by atoms with van der Waals surface area (Å²) in [6.07, 6.45) is 5.49. The molecule has 0 aromatic carbocycles. The van der Waals surface area contributed by atoms with Gasteiger partial charge in [0.25, 0.3) is 0 Å². The molecule has 2 rings (SSSR count). The van der Waals surface area contributed by atoms with Crippen molar-refractivity contribution in [1.29, 1.82) is 0 Å². The topological polar surface area (TPSA) is 20.3 Å². The number of hydrogen-bond donors (Lipinski definition) is 0. The SMILES string of the molecule is O=C1C[C@H]2SC[C]=CN12. The third kappa shape index (κ3) is 0.678. The van der Waals surface area contributed by atoms with Gasteiger partial charge in [-0.2, -0.15) is 0 Å². The van der Waals surface area contributed by atoms with E-state index in [1.54, 1.807) is 22.9 Å². The average Bonchev–Trinajstić information content (AvgIpc) is 1.86. The van der Waals surface area contributed by atoms with Crippen LogP contribution in [0.15, 0.2) is 6.20 Å². The molecular weight excluding hydrogens is 134 g/mol. The van der Waals surface area contributed by atoms with Crippen molar-refractivity contribution in [2.45, 2.75) is 11.8 Å². The number of β-lactam (4-membered cyclic amide) rings is 1. The van der Waals surface area contributed by atoms with E-state index in [-0.39, 0.29) is 5.91 Å². The van der Waals surface area contributed by atoms with E-state index >= 15 is 0 Å². The molecule has 2 aliphatic heterocycles. The van der Waals surface area contributed by atoms with E-state index in [4.69, 9.17) is 0 Å². The summed E-state index contributed by atoms with van der Waals surface area (Å²) in [5.41, 5.74) is 0. The van der Waals surface area contributed by atoms with Crippen LogP contribution < -0.4 is 0 Å². The number of nitrogens with zero attached hydrogens (tertiary/aromatic N) is 1. The molecule has 2 nitrogen and oxygen atoms in total. The molecule has 0 aromatic heterocycles. The molecule has 1 fully saturated rings. The Morgan fingerprint density at radius 2 is 2.78 bits per heavy atom. The average molecular weight is 140 g/mol. The Kier molecular flexibility index (Phi) is 1.05. The summed E-state index contributed by atoms with van der Waals surface area (Å²) in [6.45, 7) is 0. The van der Waals surface area contributed by atoms with Gasteiger partial charge in [-0.3, -0.25) is 4.79 Å². The van der Waals surface area contributed by atoms with Gasteiger partial charge in [0.1, 0.15) is 0 Å². The van der Waals surface area contributed by atoms with Crippen molar-refractivity contribution in [3.8, 4) is 0 Å². The van der Waals surface area contributed by atoms with E-state index in [0.29, 0.717) is 5.37 Å². The first kappa shape index (κ1) is 5.35. The zero-order valence-electron chi connectivity index (χ0n) is 4.83. The van der Waals surface area contributed by atoms with E-state index in [9.17, 15) is 4.79 Å². The second kappa shape index (κ2) is 1.77. The van der Waals surface area contributed by atoms with Crippen molar-refractivity contribution in [2.75, 3.05) is 5.75 Å². The molecule has 1 atom stereocenters. The Balaban J connectivity index is 2.16. The van der Waals surface area contributed by atoms with Gasteiger partial charge in [0, 0.05) is 12.0 Å². The molecule has 0 bridgehead atoms. The maximum Gasteiger partial charge on any atom is 0.230 e. The second-order valence-corrected chi connectivity index (χ2v) is 3.27. The number of carbonyl (C=O) groups excluding carboxylic acids is 1. The van der Waals surface area contributed by atoms with E-state index in [0.717, 1.165) is 12.2 Å². The Hall–Kier alpha value is -0.440. The number of fused-ring (bicyclic) bond motifs is 1. The van der Waals surface area contributed by atoms with Crippen molar-refractivity contribution in [1.82, 2.24) is 4.90 Å². The lowest BCUT2D eigenvalue weighted by atomic mass is 10.2. The molecule has 0 aromatic rings. The molecule has 1 amide bonds. The summed E-state index contributed by atoms with van der Waals surface area (Å²) >= 11 is 1.78. The third-order valence-electron chi connectivity index (χ3n) is 1.54. The van der Waals surface area contributed by atoms with Crippen LogP contribution in [0.1, 0.15) is 6.42 Å². The van der Waals surface area contributed by atoms with Crippen LogP contribution in [0, 0.1) is 6.08 Å². The zero-order valence-corrected chi connectivity index (χ0v) is 5.65. The Morgan fingerprint density at radius 3 is 3.33 bits per heavy atom. The van der Waals surface area contributed by atoms with Gasteiger partial charge in [-0.1, -0.05) is 0 Å². The van der Waals surface area contributed by atoms with Crippen molar-refractivity contribution >= 4 is 17.7 Å². The minimum atomic E-state index is 0.236. The van der Waals surface area contributed by atoms with E-state index in [1.807, 2.05) is 0 Å². The number of rotatable bonds is 0. The maximum atomic E-state index is 10.7. The lowest BCUT2D eigenvalue weighted by Gasteiger charge is -2.39. The summed E-state index contributed by atoms with van der Waals surface area (Å²) in [5.74, 6) is 1.17.